The third kappa shape index (κ3) is 4.47. The molecule has 0 atom stereocenters. The molecule has 2 N–H and O–H groups in total. The first-order valence-corrected chi connectivity index (χ1v) is 8.00. The summed E-state index contributed by atoms with van der Waals surface area (Å²) in [6.07, 6.45) is 4.60. The van der Waals surface area contributed by atoms with Crippen LogP contribution in [0.1, 0.15) is 33.5 Å². The first-order chi connectivity index (χ1) is 12.6. The zero-order valence-corrected chi connectivity index (χ0v) is 14.1. The molecule has 0 bridgehead atoms. The van der Waals surface area contributed by atoms with Crippen LogP contribution in [0.5, 0.6) is 0 Å². The highest BCUT2D eigenvalue weighted by Gasteiger charge is 2.09. The largest absolute Gasteiger partial charge is 0.363 e. The van der Waals surface area contributed by atoms with E-state index < -0.39 is 5.91 Å². The first kappa shape index (κ1) is 17.2. The van der Waals surface area contributed by atoms with Gasteiger partial charge >= 0.3 is 0 Å². The molecule has 1 aromatic carbocycles. The summed E-state index contributed by atoms with van der Waals surface area (Å²) in [6, 6.07) is 12.4. The zero-order valence-electron chi connectivity index (χ0n) is 14.1. The van der Waals surface area contributed by atoms with E-state index in [9.17, 15) is 9.59 Å². The number of pyridine rings is 1. The summed E-state index contributed by atoms with van der Waals surface area (Å²) in [5.41, 5.74) is 2.12. The number of nitrogens with one attached hydrogen (secondary N) is 2. The van der Waals surface area contributed by atoms with E-state index in [0.717, 1.165) is 5.69 Å². The first-order valence-electron chi connectivity index (χ1n) is 8.00. The summed E-state index contributed by atoms with van der Waals surface area (Å²) in [6.45, 7) is 1.99. The van der Waals surface area contributed by atoms with Crippen LogP contribution in [0.25, 0.3) is 0 Å². The van der Waals surface area contributed by atoms with E-state index in [-0.39, 0.29) is 11.5 Å². The Hall–Kier alpha value is -3.61. The van der Waals surface area contributed by atoms with Gasteiger partial charge in [0.1, 0.15) is 11.5 Å². The summed E-state index contributed by atoms with van der Waals surface area (Å²) >= 11 is 0. The van der Waals surface area contributed by atoms with Gasteiger partial charge in [0.15, 0.2) is 5.78 Å². The third-order valence-corrected chi connectivity index (χ3v) is 3.59. The maximum Gasteiger partial charge on any atom is 0.275 e. The van der Waals surface area contributed by atoms with Gasteiger partial charge in [-0.05, 0) is 31.2 Å². The van der Waals surface area contributed by atoms with Gasteiger partial charge in [0.05, 0.1) is 24.6 Å². The van der Waals surface area contributed by atoms with Crippen LogP contribution in [0.2, 0.25) is 0 Å². The molecule has 3 aromatic rings. The molecule has 2 aromatic heterocycles. The van der Waals surface area contributed by atoms with Gasteiger partial charge in [0, 0.05) is 17.4 Å². The van der Waals surface area contributed by atoms with Gasteiger partial charge in [-0.25, -0.2) is 9.97 Å². The molecule has 130 valence electrons. The van der Waals surface area contributed by atoms with Crippen molar-refractivity contribution < 1.29 is 9.59 Å². The summed E-state index contributed by atoms with van der Waals surface area (Å²) in [4.78, 5) is 36.2. The maximum absolute atomic E-state index is 12.3. The molecule has 0 unspecified atom stereocenters. The number of Topliss-reactive ketones (excluding diaryl/α,β-unsaturated/α-hetero) is 1. The lowest BCUT2D eigenvalue weighted by atomic mass is 10.1. The van der Waals surface area contributed by atoms with Crippen molar-refractivity contribution in [1.29, 1.82) is 0 Å². The SMILES string of the molecule is CC(=O)c1cccc(NC(=O)c2cnc(NCc3ccccn3)cn2)c1. The Bertz CT molecular complexity index is 911. The fourth-order valence-electron chi connectivity index (χ4n) is 2.23. The Morgan fingerprint density at radius 1 is 1.00 bits per heavy atom. The van der Waals surface area contributed by atoms with Crippen LogP contribution in [0, 0.1) is 0 Å². The Kier molecular flexibility index (Phi) is 5.28. The lowest BCUT2D eigenvalue weighted by Crippen LogP contribution is -2.15. The second-order valence-electron chi connectivity index (χ2n) is 5.55. The quantitative estimate of drug-likeness (QED) is 0.666. The summed E-state index contributed by atoms with van der Waals surface area (Å²) < 4.78 is 0. The summed E-state index contributed by atoms with van der Waals surface area (Å²) in [5.74, 6) is 0.0875. The molecule has 0 aliphatic carbocycles. The molecule has 0 saturated carbocycles. The molecule has 26 heavy (non-hydrogen) atoms. The zero-order chi connectivity index (χ0) is 18.4. The van der Waals surface area contributed by atoms with E-state index in [1.807, 2.05) is 18.2 Å². The van der Waals surface area contributed by atoms with E-state index in [1.165, 1.54) is 19.3 Å². The van der Waals surface area contributed by atoms with Gasteiger partial charge in [0.2, 0.25) is 0 Å². The minimum Gasteiger partial charge on any atom is -0.363 e. The number of amides is 1. The van der Waals surface area contributed by atoms with Crippen LogP contribution in [0.4, 0.5) is 11.5 Å². The molecule has 0 spiro atoms. The van der Waals surface area contributed by atoms with Gasteiger partial charge in [-0.3, -0.25) is 14.6 Å². The molecular formula is C19H17N5O2. The summed E-state index contributed by atoms with van der Waals surface area (Å²) in [5, 5.41) is 5.80. The van der Waals surface area contributed by atoms with Crippen molar-refractivity contribution in [3.8, 4) is 0 Å². The molecule has 3 rings (SSSR count). The number of anilines is 2. The lowest BCUT2D eigenvalue weighted by Gasteiger charge is -2.07. The fourth-order valence-corrected chi connectivity index (χ4v) is 2.23. The number of hydrogen-bond donors (Lipinski definition) is 2. The minimum absolute atomic E-state index is 0.0655. The van der Waals surface area contributed by atoms with Gasteiger partial charge in [-0.2, -0.15) is 0 Å². The number of hydrogen-bond acceptors (Lipinski definition) is 6. The molecule has 7 nitrogen and oxygen atoms in total. The van der Waals surface area contributed by atoms with Crippen molar-refractivity contribution in [3.05, 3.63) is 78.0 Å². The highest BCUT2D eigenvalue weighted by atomic mass is 16.2. The molecule has 7 heteroatoms. The smallest absolute Gasteiger partial charge is 0.275 e. The van der Waals surface area contributed by atoms with E-state index in [1.54, 1.807) is 30.5 Å². The van der Waals surface area contributed by atoms with Crippen LogP contribution >= 0.6 is 0 Å². The monoisotopic (exact) mass is 347 g/mol. The minimum atomic E-state index is -0.394. The second kappa shape index (κ2) is 7.98. The molecule has 0 fully saturated rings. The fraction of sp³-hybridized carbons (Fsp3) is 0.105. The van der Waals surface area contributed by atoms with Crippen molar-refractivity contribution in [3.63, 3.8) is 0 Å². The molecule has 0 aliphatic heterocycles. The number of rotatable bonds is 6. The highest BCUT2D eigenvalue weighted by molar-refractivity contribution is 6.03. The normalized spacial score (nSPS) is 10.2. The van der Waals surface area contributed by atoms with Crippen LogP contribution in [-0.4, -0.2) is 26.6 Å². The third-order valence-electron chi connectivity index (χ3n) is 3.59. The Balaban J connectivity index is 1.61. The van der Waals surface area contributed by atoms with Crippen molar-refractivity contribution in [2.24, 2.45) is 0 Å². The van der Waals surface area contributed by atoms with Crippen LogP contribution < -0.4 is 10.6 Å². The number of aromatic nitrogens is 3. The Morgan fingerprint density at radius 3 is 2.58 bits per heavy atom. The van der Waals surface area contributed by atoms with E-state index in [4.69, 9.17) is 0 Å². The number of carbonyl (C=O) groups is 2. The molecule has 0 radical (unpaired) electrons. The van der Waals surface area contributed by atoms with E-state index in [2.05, 4.69) is 25.6 Å². The predicted molar refractivity (Wildman–Crippen MR) is 98.0 cm³/mol. The van der Waals surface area contributed by atoms with Crippen molar-refractivity contribution in [2.75, 3.05) is 10.6 Å². The van der Waals surface area contributed by atoms with Crippen LogP contribution in [-0.2, 0) is 6.54 Å². The van der Waals surface area contributed by atoms with Crippen LogP contribution in [0.3, 0.4) is 0 Å². The summed E-state index contributed by atoms with van der Waals surface area (Å²) in [7, 11) is 0. The number of benzene rings is 1. The number of nitrogens with zero attached hydrogens (tertiary/aromatic N) is 3. The van der Waals surface area contributed by atoms with E-state index >= 15 is 0 Å². The molecule has 2 heterocycles. The topological polar surface area (TPSA) is 96.9 Å². The van der Waals surface area contributed by atoms with Gasteiger partial charge < -0.3 is 10.6 Å². The Labute approximate surface area is 150 Å². The van der Waals surface area contributed by atoms with E-state index in [0.29, 0.717) is 23.6 Å². The Morgan fingerprint density at radius 2 is 1.88 bits per heavy atom. The highest BCUT2D eigenvalue weighted by Crippen LogP contribution is 2.12. The predicted octanol–water partition coefficient (Wildman–Crippen LogP) is 2.94. The van der Waals surface area contributed by atoms with Crippen molar-refractivity contribution in [2.45, 2.75) is 13.5 Å². The number of carbonyl (C=O) groups excluding carboxylic acids is 2. The average Bonchev–Trinajstić information content (AvgIpc) is 2.68. The maximum atomic E-state index is 12.3. The number of ketones is 1. The molecular weight excluding hydrogens is 330 g/mol. The molecule has 1 amide bonds. The standard InChI is InChI=1S/C19H17N5O2/c1-13(25)14-5-4-7-15(9-14)24-19(26)17-11-23-18(12-21-17)22-10-16-6-2-3-8-20-16/h2-9,11-12H,10H2,1H3,(H,22,23)(H,24,26). The van der Waals surface area contributed by atoms with Gasteiger partial charge in [0.25, 0.3) is 5.91 Å². The van der Waals surface area contributed by atoms with Gasteiger partial charge in [-0.1, -0.05) is 18.2 Å². The lowest BCUT2D eigenvalue weighted by molar-refractivity contribution is 0.100. The van der Waals surface area contributed by atoms with Gasteiger partial charge in [-0.15, -0.1) is 0 Å². The van der Waals surface area contributed by atoms with Crippen molar-refractivity contribution in [1.82, 2.24) is 15.0 Å². The molecule has 0 saturated heterocycles. The van der Waals surface area contributed by atoms with Crippen LogP contribution in [0.15, 0.2) is 61.1 Å². The van der Waals surface area contributed by atoms with Crippen molar-refractivity contribution >= 4 is 23.2 Å². The second-order valence-corrected chi connectivity index (χ2v) is 5.55. The molecule has 0 aliphatic rings. The average molecular weight is 347 g/mol.